The Morgan fingerprint density at radius 2 is 1.80 bits per heavy atom. The number of esters is 3. The van der Waals surface area contributed by atoms with Crippen LogP contribution in [0.15, 0.2) is 39.8 Å². The van der Waals surface area contributed by atoms with Gasteiger partial charge in [0.2, 0.25) is 0 Å². The first-order chi connectivity index (χ1) is 20.9. The molecule has 3 aliphatic rings. The van der Waals surface area contributed by atoms with Gasteiger partial charge in [-0.05, 0) is 70.4 Å². The summed E-state index contributed by atoms with van der Waals surface area (Å²) in [7, 11) is 0. The van der Waals surface area contributed by atoms with Gasteiger partial charge >= 0.3 is 23.5 Å². The van der Waals surface area contributed by atoms with Crippen molar-refractivity contribution in [1.29, 1.82) is 0 Å². The SMILES string of the molecule is CC(=O)OC[C@@]1(C)C2C[C@H](OC(=O)C(C)(C)C)[C@@]3(C)Oc4cc(-c5cccnc5)oc(=O)c4C(O)C3[C@@]2(C)CC[C@@H]1OC(C)=O. The fourth-order valence-electron chi connectivity index (χ4n) is 8.14. The van der Waals surface area contributed by atoms with Crippen molar-refractivity contribution in [2.75, 3.05) is 6.61 Å². The Morgan fingerprint density at radius 3 is 2.40 bits per heavy atom. The average Bonchev–Trinajstić information content (AvgIpc) is 2.94. The number of aliphatic hydroxyl groups excluding tert-OH is 1. The quantitative estimate of drug-likeness (QED) is 0.361. The van der Waals surface area contributed by atoms with E-state index >= 15 is 0 Å². The van der Waals surface area contributed by atoms with Crippen molar-refractivity contribution in [3.05, 3.63) is 46.6 Å². The van der Waals surface area contributed by atoms with Crippen LogP contribution in [0.2, 0.25) is 0 Å². The Labute approximate surface area is 262 Å². The van der Waals surface area contributed by atoms with Crippen LogP contribution in [0.3, 0.4) is 0 Å². The largest absolute Gasteiger partial charge is 0.482 e. The lowest BCUT2D eigenvalue weighted by molar-refractivity contribution is -0.272. The molecule has 3 heterocycles. The molecule has 45 heavy (non-hydrogen) atoms. The first kappa shape index (κ1) is 32.7. The minimum atomic E-state index is -1.36. The Hall–Kier alpha value is -3.73. The number of ether oxygens (including phenoxy) is 4. The molecule has 0 amide bonds. The molecule has 2 aromatic rings. The Bertz CT molecular complexity index is 1550. The third kappa shape index (κ3) is 5.53. The lowest BCUT2D eigenvalue weighted by Gasteiger charge is -2.66. The predicted molar refractivity (Wildman–Crippen MR) is 161 cm³/mol. The minimum absolute atomic E-state index is 0.0170. The van der Waals surface area contributed by atoms with Gasteiger partial charge in [0, 0.05) is 49.2 Å². The Kier molecular flexibility index (Phi) is 8.17. The summed E-state index contributed by atoms with van der Waals surface area (Å²) < 4.78 is 30.1. The lowest BCUT2D eigenvalue weighted by Crippen LogP contribution is -2.71. The van der Waals surface area contributed by atoms with E-state index in [2.05, 4.69) is 4.98 Å². The molecule has 1 N–H and O–H groups in total. The highest BCUT2D eigenvalue weighted by Gasteiger charge is 2.71. The van der Waals surface area contributed by atoms with Crippen LogP contribution in [0.5, 0.6) is 5.75 Å². The van der Waals surface area contributed by atoms with Gasteiger partial charge in [0.15, 0.2) is 0 Å². The van der Waals surface area contributed by atoms with Crippen molar-refractivity contribution in [1.82, 2.24) is 4.98 Å². The van der Waals surface area contributed by atoms with Crippen LogP contribution in [0.1, 0.15) is 86.3 Å². The van der Waals surface area contributed by atoms with Crippen LogP contribution in [0.25, 0.3) is 11.3 Å². The molecule has 0 saturated heterocycles. The summed E-state index contributed by atoms with van der Waals surface area (Å²) in [5.74, 6) is -2.22. The van der Waals surface area contributed by atoms with Gasteiger partial charge in [-0.25, -0.2) is 4.79 Å². The first-order valence-electron chi connectivity index (χ1n) is 15.4. The summed E-state index contributed by atoms with van der Waals surface area (Å²) in [6.45, 7) is 13.6. The molecular weight excluding hydrogens is 582 g/mol. The van der Waals surface area contributed by atoms with Crippen LogP contribution in [0.4, 0.5) is 0 Å². The van der Waals surface area contributed by atoms with Crippen molar-refractivity contribution < 1.29 is 42.9 Å². The van der Waals surface area contributed by atoms with E-state index in [1.165, 1.54) is 13.8 Å². The number of aliphatic hydroxyl groups is 1. The Morgan fingerprint density at radius 1 is 1.09 bits per heavy atom. The number of aromatic nitrogens is 1. The van der Waals surface area contributed by atoms with Crippen molar-refractivity contribution in [3.8, 4) is 17.1 Å². The molecule has 0 spiro atoms. The molecule has 2 aliphatic carbocycles. The zero-order valence-electron chi connectivity index (χ0n) is 27.2. The molecule has 8 atom stereocenters. The van der Waals surface area contributed by atoms with Gasteiger partial charge in [-0.15, -0.1) is 0 Å². The molecule has 2 aromatic heterocycles. The van der Waals surface area contributed by atoms with Gasteiger partial charge in [0.25, 0.3) is 0 Å². The maximum absolute atomic E-state index is 13.6. The maximum Gasteiger partial charge on any atom is 0.345 e. The van der Waals surface area contributed by atoms with Crippen LogP contribution < -0.4 is 10.4 Å². The fraction of sp³-hybridized carbons (Fsp3) is 0.618. The summed E-state index contributed by atoms with van der Waals surface area (Å²) >= 11 is 0. The monoisotopic (exact) mass is 625 g/mol. The molecule has 1 aliphatic heterocycles. The highest BCUT2D eigenvalue weighted by molar-refractivity contribution is 5.75. The number of hydrogen-bond donors (Lipinski definition) is 1. The van der Waals surface area contributed by atoms with Crippen LogP contribution in [0, 0.1) is 28.1 Å². The van der Waals surface area contributed by atoms with Crippen LogP contribution >= 0.6 is 0 Å². The number of carbonyl (C=O) groups is 3. The van der Waals surface area contributed by atoms with E-state index in [0.29, 0.717) is 18.4 Å². The van der Waals surface area contributed by atoms with Crippen molar-refractivity contribution in [3.63, 3.8) is 0 Å². The molecular formula is C34H43NO10. The topological polar surface area (TPSA) is 151 Å². The number of hydrogen-bond acceptors (Lipinski definition) is 11. The standard InChI is InChI=1S/C34H43NO10/c1-18(36)41-17-33(7)23-15-25(44-30(40)31(3,4)5)34(8)28(32(23,6)12-11-24(33)42-19(2)37)27(38)26-22(45-34)14-21(43-29(26)39)20-10-9-13-35-16-20/h9-10,13-14,16,23-25,27-28,38H,11-12,15,17H2,1-8H3/t23?,24-,25-,27?,28?,32-,33-,34+/m0/s1. The van der Waals surface area contributed by atoms with Gasteiger partial charge < -0.3 is 28.5 Å². The van der Waals surface area contributed by atoms with E-state index in [1.807, 2.05) is 20.8 Å². The molecule has 11 nitrogen and oxygen atoms in total. The summed E-state index contributed by atoms with van der Waals surface area (Å²) in [4.78, 5) is 55.4. The molecule has 0 aromatic carbocycles. The van der Waals surface area contributed by atoms with Crippen molar-refractivity contribution in [2.45, 2.75) is 98.6 Å². The van der Waals surface area contributed by atoms with E-state index in [1.54, 1.807) is 51.4 Å². The predicted octanol–water partition coefficient (Wildman–Crippen LogP) is 4.78. The molecule has 3 unspecified atom stereocenters. The molecule has 5 rings (SSSR count). The number of fused-ring (bicyclic) bond motifs is 4. The summed E-state index contributed by atoms with van der Waals surface area (Å²) in [6, 6.07) is 5.02. The smallest absolute Gasteiger partial charge is 0.345 e. The number of carbonyl (C=O) groups excluding carboxylic acids is 3. The van der Waals surface area contributed by atoms with Gasteiger partial charge in [0.05, 0.1) is 11.5 Å². The zero-order chi connectivity index (χ0) is 33.1. The normalized spacial score (nSPS) is 33.8. The molecule has 2 fully saturated rings. The number of pyridine rings is 1. The van der Waals surface area contributed by atoms with Gasteiger partial charge in [-0.1, -0.05) is 13.8 Å². The minimum Gasteiger partial charge on any atom is -0.482 e. The van der Waals surface area contributed by atoms with E-state index in [9.17, 15) is 24.3 Å². The zero-order valence-corrected chi connectivity index (χ0v) is 27.2. The van der Waals surface area contributed by atoms with Gasteiger partial charge in [-0.2, -0.15) is 0 Å². The summed E-state index contributed by atoms with van der Waals surface area (Å²) in [5, 5.41) is 12.2. The van der Waals surface area contributed by atoms with E-state index in [-0.39, 0.29) is 30.1 Å². The average molecular weight is 626 g/mol. The highest BCUT2D eigenvalue weighted by atomic mass is 16.6. The molecule has 0 bridgehead atoms. The van der Waals surface area contributed by atoms with E-state index in [4.69, 9.17) is 23.4 Å². The van der Waals surface area contributed by atoms with Crippen LogP contribution in [-0.2, 0) is 28.6 Å². The first-order valence-corrected chi connectivity index (χ1v) is 15.4. The van der Waals surface area contributed by atoms with E-state index < -0.39 is 75.5 Å². The third-order valence-electron chi connectivity index (χ3n) is 10.3. The summed E-state index contributed by atoms with van der Waals surface area (Å²) in [5.41, 5.74) is -4.01. The third-order valence-corrected chi connectivity index (χ3v) is 10.3. The molecule has 244 valence electrons. The van der Waals surface area contributed by atoms with Gasteiger partial charge in [0.1, 0.15) is 41.5 Å². The van der Waals surface area contributed by atoms with E-state index in [0.717, 1.165) is 0 Å². The maximum atomic E-state index is 13.6. The number of nitrogens with zero attached hydrogens (tertiary/aromatic N) is 1. The van der Waals surface area contributed by atoms with Crippen molar-refractivity contribution in [2.24, 2.45) is 28.1 Å². The second kappa shape index (κ2) is 11.3. The highest BCUT2D eigenvalue weighted by Crippen LogP contribution is 2.67. The second-order valence-corrected chi connectivity index (χ2v) is 14.5. The molecule has 2 saturated carbocycles. The fourth-order valence-corrected chi connectivity index (χ4v) is 8.14. The summed E-state index contributed by atoms with van der Waals surface area (Å²) in [6.07, 6.45) is 1.46. The second-order valence-electron chi connectivity index (χ2n) is 14.5. The van der Waals surface area contributed by atoms with Crippen molar-refractivity contribution >= 4 is 17.9 Å². The van der Waals surface area contributed by atoms with Gasteiger partial charge in [-0.3, -0.25) is 19.4 Å². The van der Waals surface area contributed by atoms with Crippen LogP contribution in [-0.4, -0.2) is 52.4 Å². The molecule has 0 radical (unpaired) electrons. The molecule has 11 heteroatoms. The lowest BCUT2D eigenvalue weighted by atomic mass is 9.42. The number of rotatable bonds is 5. The Balaban J connectivity index is 1.69.